The zero-order valence-corrected chi connectivity index (χ0v) is 18.6. The van der Waals surface area contributed by atoms with E-state index in [1.54, 1.807) is 0 Å². The Hall–Kier alpha value is -3.14. The van der Waals surface area contributed by atoms with Crippen molar-refractivity contribution in [3.63, 3.8) is 0 Å². The summed E-state index contributed by atoms with van der Waals surface area (Å²) in [5.74, 6) is 1.74. The maximum atomic E-state index is 6.17. The molecule has 4 heteroatoms. The lowest BCUT2D eigenvalue weighted by Crippen LogP contribution is -2.18. The Morgan fingerprint density at radius 2 is 1.47 bits per heavy atom. The number of fused-ring (bicyclic) bond motifs is 4. The third kappa shape index (κ3) is 2.67. The van der Waals surface area contributed by atoms with E-state index in [0.29, 0.717) is 11.9 Å². The molecule has 0 amide bonds. The van der Waals surface area contributed by atoms with E-state index >= 15 is 0 Å². The summed E-state index contributed by atoms with van der Waals surface area (Å²) >= 11 is 0. The highest BCUT2D eigenvalue weighted by molar-refractivity contribution is 6.03. The molecule has 4 nitrogen and oxygen atoms in total. The smallest absolute Gasteiger partial charge is 0.318 e. The van der Waals surface area contributed by atoms with Gasteiger partial charge < -0.3 is 13.6 Å². The Morgan fingerprint density at radius 1 is 0.767 bits per heavy atom. The van der Waals surface area contributed by atoms with Crippen molar-refractivity contribution in [3.05, 3.63) is 64.4 Å². The van der Waals surface area contributed by atoms with Crippen molar-refractivity contribution in [2.45, 2.75) is 53.9 Å². The maximum absolute atomic E-state index is 6.17. The van der Waals surface area contributed by atoms with Gasteiger partial charge in [-0.25, -0.2) is 0 Å². The van der Waals surface area contributed by atoms with E-state index in [1.807, 2.05) is 13.0 Å². The molecule has 0 saturated heterocycles. The fourth-order valence-electron chi connectivity index (χ4n) is 4.39. The van der Waals surface area contributed by atoms with Gasteiger partial charge in [0, 0.05) is 11.5 Å². The molecule has 0 N–H and O–H groups in total. The summed E-state index contributed by atoms with van der Waals surface area (Å²) in [5.41, 5.74) is 8.71. The lowest BCUT2D eigenvalue weighted by atomic mass is 9.84. The topological polar surface area (TPSA) is 38.8 Å². The van der Waals surface area contributed by atoms with Crippen molar-refractivity contribution >= 4 is 28.0 Å². The molecule has 0 atom stereocenters. The van der Waals surface area contributed by atoms with Gasteiger partial charge in [0.15, 0.2) is 0 Å². The number of rotatable bonds is 1. The van der Waals surface area contributed by atoms with Crippen LogP contribution in [0, 0.1) is 27.7 Å². The van der Waals surface area contributed by atoms with E-state index in [-0.39, 0.29) is 5.41 Å². The summed E-state index contributed by atoms with van der Waals surface area (Å²) in [7, 11) is 0. The van der Waals surface area contributed by atoms with Gasteiger partial charge in [-0.1, -0.05) is 45.0 Å². The molecule has 4 aromatic rings. The van der Waals surface area contributed by atoms with E-state index in [1.165, 1.54) is 16.7 Å². The second kappa shape index (κ2) is 6.18. The number of hydrogen-bond donors (Lipinski definition) is 0. The van der Waals surface area contributed by atoms with Crippen molar-refractivity contribution in [1.29, 1.82) is 0 Å². The number of anilines is 3. The third-order valence-corrected chi connectivity index (χ3v) is 5.89. The zero-order chi connectivity index (χ0) is 21.4. The molecule has 0 fully saturated rings. The van der Waals surface area contributed by atoms with Gasteiger partial charge in [-0.15, -0.1) is 0 Å². The van der Waals surface area contributed by atoms with E-state index in [2.05, 4.69) is 76.8 Å². The molecule has 2 aromatic carbocycles. The van der Waals surface area contributed by atoms with E-state index in [4.69, 9.17) is 13.6 Å². The fraction of sp³-hybridized carbons (Fsp3) is 0.308. The second-order valence-electron chi connectivity index (χ2n) is 9.37. The predicted molar refractivity (Wildman–Crippen MR) is 121 cm³/mol. The number of aryl methyl sites for hydroxylation is 4. The number of benzene rings is 2. The lowest BCUT2D eigenvalue weighted by Gasteiger charge is -2.31. The first-order valence-electron chi connectivity index (χ1n) is 10.4. The average Bonchev–Trinajstić information content (AvgIpc) is 3.20. The van der Waals surface area contributed by atoms with Gasteiger partial charge in [0.05, 0.1) is 5.69 Å². The molecular weight excluding hydrogens is 374 g/mol. The first kappa shape index (κ1) is 18.9. The SMILES string of the molecule is Cc1cc2c(o1)Oc1oc3c(C)cccc3c1N2c1c(C)cc(C(C)(C)C)cc1C. The fourth-order valence-corrected chi connectivity index (χ4v) is 4.39. The minimum Gasteiger partial charge on any atom is -0.429 e. The predicted octanol–water partition coefficient (Wildman–Crippen LogP) is 8.13. The molecule has 5 rings (SSSR count). The molecule has 2 aromatic heterocycles. The van der Waals surface area contributed by atoms with Crippen LogP contribution >= 0.6 is 0 Å². The number of furan rings is 2. The largest absolute Gasteiger partial charge is 0.429 e. The summed E-state index contributed by atoms with van der Waals surface area (Å²) in [6, 6.07) is 12.8. The normalized spacial score (nSPS) is 13.4. The molecule has 1 aliphatic rings. The van der Waals surface area contributed by atoms with Crippen LogP contribution in [0.3, 0.4) is 0 Å². The quantitative estimate of drug-likeness (QED) is 0.284. The van der Waals surface area contributed by atoms with E-state index in [0.717, 1.165) is 39.4 Å². The highest BCUT2D eigenvalue weighted by Crippen LogP contribution is 2.57. The van der Waals surface area contributed by atoms with Crippen LogP contribution in [0.15, 0.2) is 45.2 Å². The number of ether oxygens (including phenoxy) is 1. The zero-order valence-electron chi connectivity index (χ0n) is 18.6. The van der Waals surface area contributed by atoms with Crippen LogP contribution in [-0.2, 0) is 5.41 Å². The molecule has 0 spiro atoms. The standard InChI is InChI=1S/C26H27NO3/c1-14-9-8-10-19-22-25(29-23(14)19)30-24-20(13-17(4)28-24)27(22)21-15(2)11-18(12-16(21)3)26(5,6)7/h8-13H,1-7H3. The molecule has 0 radical (unpaired) electrons. The van der Waals surface area contributed by atoms with Gasteiger partial charge in [0.1, 0.15) is 22.7 Å². The Bertz CT molecular complexity index is 1280. The highest BCUT2D eigenvalue weighted by atomic mass is 16.7. The Morgan fingerprint density at radius 3 is 2.13 bits per heavy atom. The molecule has 0 saturated carbocycles. The van der Waals surface area contributed by atoms with Crippen LogP contribution in [0.5, 0.6) is 11.9 Å². The molecule has 0 unspecified atom stereocenters. The summed E-state index contributed by atoms with van der Waals surface area (Å²) in [5, 5.41) is 1.04. The minimum absolute atomic E-state index is 0.0844. The van der Waals surface area contributed by atoms with Gasteiger partial charge in [-0.2, -0.15) is 0 Å². The second-order valence-corrected chi connectivity index (χ2v) is 9.37. The van der Waals surface area contributed by atoms with Gasteiger partial charge in [0.2, 0.25) is 0 Å². The van der Waals surface area contributed by atoms with E-state index in [9.17, 15) is 0 Å². The molecular formula is C26H27NO3. The maximum Gasteiger partial charge on any atom is 0.318 e. The lowest BCUT2D eigenvalue weighted by molar-refractivity contribution is 0.280. The first-order valence-corrected chi connectivity index (χ1v) is 10.4. The molecule has 154 valence electrons. The van der Waals surface area contributed by atoms with Crippen LogP contribution in [0.4, 0.5) is 17.1 Å². The monoisotopic (exact) mass is 401 g/mol. The van der Waals surface area contributed by atoms with Crippen molar-refractivity contribution in [2.24, 2.45) is 0 Å². The van der Waals surface area contributed by atoms with Gasteiger partial charge in [-0.3, -0.25) is 4.90 Å². The molecule has 3 heterocycles. The number of para-hydroxylation sites is 1. The van der Waals surface area contributed by atoms with Crippen LogP contribution in [-0.4, -0.2) is 0 Å². The van der Waals surface area contributed by atoms with Crippen molar-refractivity contribution in [2.75, 3.05) is 4.90 Å². The summed E-state index contributed by atoms with van der Waals surface area (Å²) < 4.78 is 18.1. The van der Waals surface area contributed by atoms with Crippen LogP contribution in [0.1, 0.15) is 48.8 Å². The number of hydrogen-bond acceptors (Lipinski definition) is 4. The molecule has 30 heavy (non-hydrogen) atoms. The van der Waals surface area contributed by atoms with Crippen LogP contribution in [0.2, 0.25) is 0 Å². The Kier molecular flexibility index (Phi) is 3.88. The molecule has 0 aliphatic carbocycles. The average molecular weight is 402 g/mol. The summed E-state index contributed by atoms with van der Waals surface area (Å²) in [4.78, 5) is 2.24. The van der Waals surface area contributed by atoms with Gasteiger partial charge in [-0.05, 0) is 61.4 Å². The van der Waals surface area contributed by atoms with Crippen LogP contribution in [0.25, 0.3) is 11.0 Å². The Balaban J connectivity index is 1.83. The van der Waals surface area contributed by atoms with Crippen molar-refractivity contribution in [3.8, 4) is 11.9 Å². The van der Waals surface area contributed by atoms with Gasteiger partial charge in [0.25, 0.3) is 0 Å². The summed E-state index contributed by atoms with van der Waals surface area (Å²) in [6.45, 7) is 15.1. The molecule has 1 aliphatic heterocycles. The summed E-state index contributed by atoms with van der Waals surface area (Å²) in [6.07, 6.45) is 0. The molecule has 0 bridgehead atoms. The van der Waals surface area contributed by atoms with Crippen molar-refractivity contribution in [1.82, 2.24) is 0 Å². The third-order valence-electron chi connectivity index (χ3n) is 5.89. The first-order chi connectivity index (χ1) is 14.1. The van der Waals surface area contributed by atoms with Crippen molar-refractivity contribution < 1.29 is 13.6 Å². The highest BCUT2D eigenvalue weighted by Gasteiger charge is 2.36. The van der Waals surface area contributed by atoms with E-state index < -0.39 is 0 Å². The number of nitrogens with zero attached hydrogens (tertiary/aromatic N) is 1. The van der Waals surface area contributed by atoms with Gasteiger partial charge >= 0.3 is 11.9 Å². The minimum atomic E-state index is 0.0844. The van der Waals surface area contributed by atoms with Crippen LogP contribution < -0.4 is 9.64 Å². The Labute approximate surface area is 177 Å².